The lowest BCUT2D eigenvalue weighted by molar-refractivity contribution is 0.591. The van der Waals surface area contributed by atoms with Crippen molar-refractivity contribution in [3.05, 3.63) is 77.9 Å². The molecule has 0 bridgehead atoms. The van der Waals surface area contributed by atoms with Crippen LogP contribution in [0.15, 0.2) is 61.1 Å². The molecule has 0 amide bonds. The molecule has 0 saturated heterocycles. The number of hydrogen-bond acceptors (Lipinski definition) is 3. The summed E-state index contributed by atoms with van der Waals surface area (Å²) >= 11 is 0. The average Bonchev–Trinajstić information content (AvgIpc) is 2.66. The van der Waals surface area contributed by atoms with Gasteiger partial charge in [0.15, 0.2) is 0 Å². The third-order valence-electron chi connectivity index (χ3n) is 5.21. The van der Waals surface area contributed by atoms with E-state index in [1.54, 1.807) is 0 Å². The van der Waals surface area contributed by atoms with Gasteiger partial charge in [-0.05, 0) is 52.5 Å². The van der Waals surface area contributed by atoms with Gasteiger partial charge in [-0.2, -0.15) is 0 Å². The molecule has 2 aromatic heterocycles. The molecule has 0 fully saturated rings. The molecule has 27 heavy (non-hydrogen) atoms. The van der Waals surface area contributed by atoms with Gasteiger partial charge in [0.1, 0.15) is 0 Å². The summed E-state index contributed by atoms with van der Waals surface area (Å²) in [5.74, 6) is 0.375. The maximum absolute atomic E-state index is 4.90. The van der Waals surface area contributed by atoms with Crippen LogP contribution in [-0.4, -0.2) is 15.0 Å². The van der Waals surface area contributed by atoms with E-state index in [0.717, 1.165) is 23.1 Å². The minimum absolute atomic E-state index is 0.110. The lowest BCUT2D eigenvalue weighted by Crippen LogP contribution is -2.11. The second-order valence-corrected chi connectivity index (χ2v) is 8.40. The van der Waals surface area contributed by atoms with Crippen molar-refractivity contribution in [3.63, 3.8) is 0 Å². The van der Waals surface area contributed by atoms with Crippen LogP contribution in [0.25, 0.3) is 21.8 Å². The molecule has 2 heterocycles. The highest BCUT2D eigenvalue weighted by atomic mass is 14.8. The molecule has 136 valence electrons. The monoisotopic (exact) mass is 355 g/mol. The predicted molar refractivity (Wildman–Crippen MR) is 112 cm³/mol. The summed E-state index contributed by atoms with van der Waals surface area (Å²) < 4.78 is 0. The molecule has 0 saturated carbocycles. The van der Waals surface area contributed by atoms with E-state index < -0.39 is 0 Å². The molecule has 0 aliphatic carbocycles. The first-order valence-corrected chi connectivity index (χ1v) is 9.50. The zero-order chi connectivity index (χ0) is 19.0. The molecule has 0 aliphatic rings. The van der Waals surface area contributed by atoms with Gasteiger partial charge in [0.2, 0.25) is 0 Å². The standard InChI is InChI=1S/C24H25N3/c1-16(17-5-6-19-14-25-10-9-18(19)12-17)11-21-15-26-22-8-7-20(24(2,3)4)13-23(22)27-21/h5-10,12-16H,11H2,1-4H3. The van der Waals surface area contributed by atoms with Crippen molar-refractivity contribution in [1.29, 1.82) is 0 Å². The summed E-state index contributed by atoms with van der Waals surface area (Å²) in [5, 5.41) is 2.41. The van der Waals surface area contributed by atoms with Crippen LogP contribution in [0.2, 0.25) is 0 Å². The second-order valence-electron chi connectivity index (χ2n) is 8.40. The molecule has 3 heteroatoms. The van der Waals surface area contributed by atoms with E-state index in [1.807, 2.05) is 18.6 Å². The minimum Gasteiger partial charge on any atom is -0.264 e. The lowest BCUT2D eigenvalue weighted by atomic mass is 9.87. The normalized spacial score (nSPS) is 13.2. The summed E-state index contributed by atoms with van der Waals surface area (Å²) in [4.78, 5) is 13.7. The fourth-order valence-electron chi connectivity index (χ4n) is 3.45. The Balaban J connectivity index is 1.63. The molecular formula is C24H25N3. The van der Waals surface area contributed by atoms with E-state index in [2.05, 4.69) is 80.1 Å². The van der Waals surface area contributed by atoms with E-state index in [-0.39, 0.29) is 5.41 Å². The predicted octanol–water partition coefficient (Wildman–Crippen LogP) is 5.82. The van der Waals surface area contributed by atoms with Gasteiger partial charge in [-0.25, -0.2) is 4.98 Å². The van der Waals surface area contributed by atoms with Crippen LogP contribution in [0.5, 0.6) is 0 Å². The maximum atomic E-state index is 4.90. The summed E-state index contributed by atoms with van der Waals surface area (Å²) in [6.07, 6.45) is 6.55. The Kier molecular flexibility index (Phi) is 4.39. The van der Waals surface area contributed by atoms with Crippen LogP contribution in [0.3, 0.4) is 0 Å². The summed E-state index contributed by atoms with van der Waals surface area (Å²) in [7, 11) is 0. The van der Waals surface area contributed by atoms with Crippen molar-refractivity contribution in [2.75, 3.05) is 0 Å². The van der Waals surface area contributed by atoms with Crippen LogP contribution < -0.4 is 0 Å². The number of hydrogen-bond donors (Lipinski definition) is 0. The van der Waals surface area contributed by atoms with Gasteiger partial charge in [-0.15, -0.1) is 0 Å². The van der Waals surface area contributed by atoms with Crippen LogP contribution in [-0.2, 0) is 11.8 Å². The van der Waals surface area contributed by atoms with Crippen LogP contribution in [0, 0.1) is 0 Å². The molecule has 0 N–H and O–H groups in total. The van der Waals surface area contributed by atoms with Gasteiger partial charge in [-0.3, -0.25) is 9.97 Å². The first-order valence-electron chi connectivity index (χ1n) is 9.50. The first-order chi connectivity index (χ1) is 12.9. The van der Waals surface area contributed by atoms with Gasteiger partial charge in [0.25, 0.3) is 0 Å². The molecule has 0 aliphatic heterocycles. The van der Waals surface area contributed by atoms with Crippen LogP contribution in [0.4, 0.5) is 0 Å². The molecule has 2 aromatic carbocycles. The SMILES string of the molecule is CC(Cc1cnc2ccc(C(C)(C)C)cc2n1)c1ccc2cnccc2c1. The highest BCUT2D eigenvalue weighted by Crippen LogP contribution is 2.26. The fourth-order valence-corrected chi connectivity index (χ4v) is 3.45. The Hall–Kier alpha value is -2.81. The molecule has 4 aromatic rings. The highest BCUT2D eigenvalue weighted by Gasteiger charge is 2.15. The van der Waals surface area contributed by atoms with Gasteiger partial charge in [0, 0.05) is 24.0 Å². The van der Waals surface area contributed by atoms with Crippen molar-refractivity contribution < 1.29 is 0 Å². The topological polar surface area (TPSA) is 38.7 Å². The van der Waals surface area contributed by atoms with E-state index in [9.17, 15) is 0 Å². The summed E-state index contributed by atoms with van der Waals surface area (Å²) in [6, 6.07) is 15.1. The quantitative estimate of drug-likeness (QED) is 0.465. The van der Waals surface area contributed by atoms with E-state index in [1.165, 1.54) is 21.9 Å². The number of fused-ring (bicyclic) bond motifs is 2. The zero-order valence-electron chi connectivity index (χ0n) is 16.4. The van der Waals surface area contributed by atoms with Crippen molar-refractivity contribution in [3.8, 4) is 0 Å². The summed E-state index contributed by atoms with van der Waals surface area (Å²) in [6.45, 7) is 8.92. The molecule has 4 rings (SSSR count). The number of aromatic nitrogens is 3. The zero-order valence-corrected chi connectivity index (χ0v) is 16.4. The number of nitrogens with zero attached hydrogens (tertiary/aromatic N) is 3. The first kappa shape index (κ1) is 17.6. The van der Waals surface area contributed by atoms with Gasteiger partial charge in [0.05, 0.1) is 16.7 Å². The Labute approximate surface area is 160 Å². The molecular weight excluding hydrogens is 330 g/mol. The van der Waals surface area contributed by atoms with E-state index in [4.69, 9.17) is 4.98 Å². The molecule has 3 nitrogen and oxygen atoms in total. The van der Waals surface area contributed by atoms with Crippen molar-refractivity contribution >= 4 is 21.8 Å². The lowest BCUT2D eigenvalue weighted by Gasteiger charge is -2.19. The van der Waals surface area contributed by atoms with Gasteiger partial charge < -0.3 is 0 Å². The Morgan fingerprint density at radius 3 is 2.56 bits per heavy atom. The van der Waals surface area contributed by atoms with Crippen LogP contribution >= 0.6 is 0 Å². The maximum Gasteiger partial charge on any atom is 0.0893 e. The average molecular weight is 355 g/mol. The van der Waals surface area contributed by atoms with E-state index in [0.29, 0.717) is 5.92 Å². The minimum atomic E-state index is 0.110. The smallest absolute Gasteiger partial charge is 0.0893 e. The summed E-state index contributed by atoms with van der Waals surface area (Å²) in [5.41, 5.74) is 5.70. The number of rotatable bonds is 3. The second kappa shape index (κ2) is 6.73. The fraction of sp³-hybridized carbons (Fsp3) is 0.292. The molecule has 0 radical (unpaired) electrons. The Morgan fingerprint density at radius 1 is 0.889 bits per heavy atom. The third kappa shape index (κ3) is 3.68. The van der Waals surface area contributed by atoms with Crippen molar-refractivity contribution in [1.82, 2.24) is 15.0 Å². The van der Waals surface area contributed by atoms with Crippen molar-refractivity contribution in [2.45, 2.75) is 45.4 Å². The molecule has 1 atom stereocenters. The third-order valence-corrected chi connectivity index (χ3v) is 5.21. The number of benzene rings is 2. The van der Waals surface area contributed by atoms with E-state index >= 15 is 0 Å². The highest BCUT2D eigenvalue weighted by molar-refractivity contribution is 5.82. The van der Waals surface area contributed by atoms with Crippen molar-refractivity contribution in [2.24, 2.45) is 0 Å². The largest absolute Gasteiger partial charge is 0.264 e. The van der Waals surface area contributed by atoms with Crippen LogP contribution in [0.1, 0.15) is 50.4 Å². The van der Waals surface area contributed by atoms with Gasteiger partial charge >= 0.3 is 0 Å². The Morgan fingerprint density at radius 2 is 1.74 bits per heavy atom. The molecule has 0 spiro atoms. The number of pyridine rings is 1. The molecule has 1 unspecified atom stereocenters. The Bertz CT molecular complexity index is 1110. The van der Waals surface area contributed by atoms with Gasteiger partial charge in [-0.1, -0.05) is 52.0 Å².